The van der Waals surface area contributed by atoms with Gasteiger partial charge in [0, 0.05) is 10.5 Å². The predicted molar refractivity (Wildman–Crippen MR) is 126 cm³/mol. The van der Waals surface area contributed by atoms with Crippen molar-refractivity contribution in [1.82, 2.24) is 5.01 Å². The molecule has 4 nitrogen and oxygen atoms in total. The molecule has 1 heterocycles. The van der Waals surface area contributed by atoms with Crippen LogP contribution in [0.15, 0.2) is 86.9 Å². The number of carbonyl (C=O) groups is 1. The monoisotopic (exact) mass is 415 g/mol. The summed E-state index contributed by atoms with van der Waals surface area (Å²) in [6.07, 6.45) is 5.71. The summed E-state index contributed by atoms with van der Waals surface area (Å²) in [7, 11) is 0. The van der Waals surface area contributed by atoms with Gasteiger partial charge in [0.25, 0.3) is 5.91 Å². The number of amides is 1. The molecule has 2 aromatic rings. The minimum atomic E-state index is -0.229. The fourth-order valence-corrected chi connectivity index (χ4v) is 4.24. The molecule has 0 fully saturated rings. The Kier molecular flexibility index (Phi) is 5.48. The maximum atomic E-state index is 13.3. The van der Waals surface area contributed by atoms with Gasteiger partial charge >= 0.3 is 0 Å². The third kappa shape index (κ3) is 4.31. The maximum Gasteiger partial charge on any atom is 0.298 e. The van der Waals surface area contributed by atoms with Gasteiger partial charge in [-0.05, 0) is 49.0 Å². The first kappa shape index (κ1) is 20.4. The number of carbonyl (C=O) groups excluding carboxylic acids is 1. The summed E-state index contributed by atoms with van der Waals surface area (Å²) in [5.74, 6) is 0.317. The van der Waals surface area contributed by atoms with Gasteiger partial charge in [0.05, 0.1) is 5.71 Å². The van der Waals surface area contributed by atoms with Gasteiger partial charge in [-0.25, -0.2) is 4.99 Å². The number of hydrazone groups is 1. The molecule has 0 bridgehead atoms. The van der Waals surface area contributed by atoms with Crippen molar-refractivity contribution < 1.29 is 4.79 Å². The number of thiol groups is 1. The summed E-state index contributed by atoms with van der Waals surface area (Å²) in [5, 5.41) is 6.21. The Labute approximate surface area is 183 Å². The SMILES string of the molecule is CC1=C/C(=N/N2C(=O)/C(=C/c3ccccc3S)N=C2c2ccccc2)CC(C)(C)C1. The second kappa shape index (κ2) is 8.07. The molecule has 1 aliphatic heterocycles. The molecule has 0 spiro atoms. The number of nitrogens with zero attached hydrogens (tertiary/aromatic N) is 3. The van der Waals surface area contributed by atoms with Gasteiger partial charge in [0.1, 0.15) is 5.70 Å². The van der Waals surface area contributed by atoms with E-state index in [9.17, 15) is 4.79 Å². The van der Waals surface area contributed by atoms with E-state index in [4.69, 9.17) is 5.10 Å². The van der Waals surface area contributed by atoms with E-state index in [1.165, 1.54) is 10.6 Å². The molecule has 2 aliphatic rings. The molecule has 0 atom stereocenters. The molecule has 4 rings (SSSR count). The highest BCUT2D eigenvalue weighted by molar-refractivity contribution is 7.80. The lowest BCUT2D eigenvalue weighted by atomic mass is 9.77. The van der Waals surface area contributed by atoms with E-state index in [0.29, 0.717) is 11.5 Å². The van der Waals surface area contributed by atoms with Crippen molar-refractivity contribution in [2.24, 2.45) is 15.5 Å². The fourth-order valence-electron chi connectivity index (χ4n) is 4.02. The smallest absolute Gasteiger partial charge is 0.265 e. The van der Waals surface area contributed by atoms with Crippen LogP contribution in [-0.4, -0.2) is 22.5 Å². The Morgan fingerprint density at radius 1 is 1.07 bits per heavy atom. The maximum absolute atomic E-state index is 13.3. The highest BCUT2D eigenvalue weighted by Gasteiger charge is 2.33. The zero-order valence-electron chi connectivity index (χ0n) is 17.5. The van der Waals surface area contributed by atoms with E-state index in [1.54, 1.807) is 6.08 Å². The Hall–Kier alpha value is -2.92. The van der Waals surface area contributed by atoms with Gasteiger partial charge < -0.3 is 0 Å². The molecule has 0 saturated carbocycles. The molecule has 0 N–H and O–H groups in total. The second-order valence-electron chi connectivity index (χ2n) is 8.61. The third-order valence-electron chi connectivity index (χ3n) is 5.16. The van der Waals surface area contributed by atoms with Crippen LogP contribution in [0.3, 0.4) is 0 Å². The Balaban J connectivity index is 1.79. The summed E-state index contributed by atoms with van der Waals surface area (Å²) >= 11 is 4.50. The lowest BCUT2D eigenvalue weighted by molar-refractivity contribution is -0.122. The van der Waals surface area contributed by atoms with Gasteiger partial charge in [0.15, 0.2) is 5.84 Å². The Morgan fingerprint density at radius 3 is 2.47 bits per heavy atom. The highest BCUT2D eigenvalue weighted by Crippen LogP contribution is 2.34. The molecule has 0 radical (unpaired) electrons. The van der Waals surface area contributed by atoms with E-state index < -0.39 is 0 Å². The summed E-state index contributed by atoms with van der Waals surface area (Å²) < 4.78 is 0. The normalized spacial score (nSPS) is 21.2. The fraction of sp³-hybridized carbons (Fsp3) is 0.240. The third-order valence-corrected chi connectivity index (χ3v) is 5.57. The average Bonchev–Trinajstić information content (AvgIpc) is 2.98. The van der Waals surface area contributed by atoms with Crippen LogP contribution in [0.5, 0.6) is 0 Å². The molecule has 0 saturated heterocycles. The van der Waals surface area contributed by atoms with Crippen molar-refractivity contribution >= 4 is 36.2 Å². The lowest BCUT2D eigenvalue weighted by Crippen LogP contribution is -2.31. The molecule has 30 heavy (non-hydrogen) atoms. The number of benzene rings is 2. The van der Waals surface area contributed by atoms with Gasteiger partial charge in [0.2, 0.25) is 0 Å². The minimum Gasteiger partial charge on any atom is -0.265 e. The average molecular weight is 416 g/mol. The van der Waals surface area contributed by atoms with Crippen LogP contribution < -0.4 is 0 Å². The van der Waals surface area contributed by atoms with Crippen LogP contribution in [0, 0.1) is 5.41 Å². The van der Waals surface area contributed by atoms with Crippen molar-refractivity contribution in [3.8, 4) is 0 Å². The van der Waals surface area contributed by atoms with E-state index in [0.717, 1.165) is 34.6 Å². The number of rotatable bonds is 3. The number of hydrogen-bond donors (Lipinski definition) is 1. The molecule has 0 aromatic heterocycles. The topological polar surface area (TPSA) is 45.0 Å². The molecule has 1 aliphatic carbocycles. The zero-order valence-corrected chi connectivity index (χ0v) is 18.4. The van der Waals surface area contributed by atoms with E-state index >= 15 is 0 Å². The van der Waals surface area contributed by atoms with Crippen LogP contribution in [0.1, 0.15) is 44.7 Å². The largest absolute Gasteiger partial charge is 0.298 e. The molecule has 2 aromatic carbocycles. The van der Waals surface area contributed by atoms with E-state index in [-0.39, 0.29) is 11.3 Å². The van der Waals surface area contributed by atoms with Crippen LogP contribution in [-0.2, 0) is 4.79 Å². The van der Waals surface area contributed by atoms with Crippen LogP contribution in [0.2, 0.25) is 0 Å². The van der Waals surface area contributed by atoms with Gasteiger partial charge in [-0.1, -0.05) is 68.0 Å². The van der Waals surface area contributed by atoms with Crippen molar-refractivity contribution in [2.75, 3.05) is 0 Å². The molecule has 0 unspecified atom stereocenters. The number of aliphatic imine (C=N–C) groups is 1. The number of amidine groups is 1. The lowest BCUT2D eigenvalue weighted by Gasteiger charge is -2.29. The van der Waals surface area contributed by atoms with Gasteiger partial charge in [-0.15, -0.1) is 12.6 Å². The van der Waals surface area contributed by atoms with Crippen LogP contribution in [0.4, 0.5) is 0 Å². The quantitative estimate of drug-likeness (QED) is 0.505. The number of hydrogen-bond acceptors (Lipinski definition) is 4. The zero-order chi connectivity index (χ0) is 21.3. The van der Waals surface area contributed by atoms with Crippen molar-refractivity contribution in [3.05, 3.63) is 83.1 Å². The van der Waals surface area contributed by atoms with Crippen molar-refractivity contribution in [2.45, 2.75) is 38.5 Å². The molecular weight excluding hydrogens is 390 g/mol. The molecule has 152 valence electrons. The first-order valence-corrected chi connectivity index (χ1v) is 10.5. The minimum absolute atomic E-state index is 0.119. The highest BCUT2D eigenvalue weighted by atomic mass is 32.1. The standard InChI is InChI=1S/C25H25N3OS/c1-17-13-20(16-25(2,3)15-17)27-28-23(18-9-5-4-6-10-18)26-21(24(28)29)14-19-11-7-8-12-22(19)30/h4-14,30H,15-16H2,1-3H3/b21-14-,27-20-. The van der Waals surface area contributed by atoms with E-state index in [2.05, 4.69) is 44.5 Å². The predicted octanol–water partition coefficient (Wildman–Crippen LogP) is 5.73. The van der Waals surface area contributed by atoms with Crippen LogP contribution in [0.25, 0.3) is 6.08 Å². The second-order valence-corrected chi connectivity index (χ2v) is 9.09. The van der Waals surface area contributed by atoms with Crippen molar-refractivity contribution in [3.63, 3.8) is 0 Å². The van der Waals surface area contributed by atoms with Crippen molar-refractivity contribution in [1.29, 1.82) is 0 Å². The van der Waals surface area contributed by atoms with Crippen LogP contribution >= 0.6 is 12.6 Å². The Morgan fingerprint density at radius 2 is 1.77 bits per heavy atom. The summed E-state index contributed by atoms with van der Waals surface area (Å²) in [6, 6.07) is 17.4. The summed E-state index contributed by atoms with van der Waals surface area (Å²) in [5.41, 5.74) is 4.35. The van der Waals surface area contributed by atoms with E-state index in [1.807, 2.05) is 54.6 Å². The molecule has 5 heteroatoms. The molecule has 1 amide bonds. The number of allylic oxidation sites excluding steroid dienone is 2. The summed E-state index contributed by atoms with van der Waals surface area (Å²) in [4.78, 5) is 18.8. The van der Waals surface area contributed by atoms with Gasteiger partial charge in [-0.2, -0.15) is 10.1 Å². The molecular formula is C25H25N3OS. The first-order valence-electron chi connectivity index (χ1n) is 10.1. The van der Waals surface area contributed by atoms with Gasteiger partial charge in [-0.3, -0.25) is 4.79 Å². The summed E-state index contributed by atoms with van der Waals surface area (Å²) in [6.45, 7) is 6.57. The first-order chi connectivity index (χ1) is 14.3. The Bertz CT molecular complexity index is 1110.